The minimum atomic E-state index is -0.578. The Morgan fingerprint density at radius 3 is 2.46 bits per heavy atom. The molecule has 0 bridgehead atoms. The zero-order chi connectivity index (χ0) is 17.7. The van der Waals surface area contributed by atoms with Gasteiger partial charge in [-0.25, -0.2) is 9.59 Å². The summed E-state index contributed by atoms with van der Waals surface area (Å²) in [6.07, 6.45) is -0.00768. The van der Waals surface area contributed by atoms with Gasteiger partial charge in [-0.3, -0.25) is 4.79 Å². The second kappa shape index (κ2) is 7.33. The van der Waals surface area contributed by atoms with Crippen molar-refractivity contribution in [2.24, 2.45) is 0 Å². The van der Waals surface area contributed by atoms with Gasteiger partial charge in [-0.2, -0.15) is 0 Å². The van der Waals surface area contributed by atoms with E-state index in [-0.39, 0.29) is 5.91 Å². The summed E-state index contributed by atoms with van der Waals surface area (Å²) in [5, 5.41) is 5.28. The summed E-state index contributed by atoms with van der Waals surface area (Å²) in [7, 11) is 0. The smallest absolute Gasteiger partial charge is 0.407 e. The van der Waals surface area contributed by atoms with Crippen LogP contribution in [0, 0.1) is 0 Å². The highest BCUT2D eigenvalue weighted by atomic mass is 16.6. The minimum Gasteiger partial charge on any atom is -0.464 e. The molecule has 2 rings (SSSR count). The maximum atomic E-state index is 12.1. The Hall–Kier alpha value is -2.57. The lowest BCUT2D eigenvalue weighted by Gasteiger charge is -2.19. The molecule has 1 aliphatic heterocycles. The van der Waals surface area contributed by atoms with Crippen molar-refractivity contribution in [2.45, 2.75) is 45.4 Å². The summed E-state index contributed by atoms with van der Waals surface area (Å²) in [5.74, 6) is -0.730. The van der Waals surface area contributed by atoms with Crippen LogP contribution in [0.5, 0.6) is 0 Å². The molecule has 1 aromatic rings. The van der Waals surface area contributed by atoms with Crippen LogP contribution in [0.1, 0.15) is 43.1 Å². The van der Waals surface area contributed by atoms with E-state index in [9.17, 15) is 14.4 Å². The van der Waals surface area contributed by atoms with Crippen LogP contribution >= 0.6 is 0 Å². The Morgan fingerprint density at radius 2 is 1.92 bits per heavy atom. The second-order valence-corrected chi connectivity index (χ2v) is 6.53. The van der Waals surface area contributed by atoms with Gasteiger partial charge < -0.3 is 20.1 Å². The molecule has 2 amide bonds. The highest BCUT2D eigenvalue weighted by Crippen LogP contribution is 2.10. The Bertz CT molecular complexity index is 619. The van der Waals surface area contributed by atoms with E-state index in [2.05, 4.69) is 10.6 Å². The highest BCUT2D eigenvalue weighted by molar-refractivity contribution is 5.97. The fourth-order valence-electron chi connectivity index (χ4n) is 2.13. The average Bonchev–Trinajstić information content (AvgIpc) is 2.89. The Labute approximate surface area is 140 Å². The zero-order valence-corrected chi connectivity index (χ0v) is 14.0. The number of benzene rings is 1. The van der Waals surface area contributed by atoms with E-state index in [1.807, 2.05) is 0 Å². The molecule has 0 spiro atoms. The molecule has 1 heterocycles. The number of hydrogen-bond acceptors (Lipinski definition) is 5. The molecule has 7 heteroatoms. The van der Waals surface area contributed by atoms with Gasteiger partial charge in [0.05, 0.1) is 6.61 Å². The number of ether oxygens (including phenoxy) is 2. The monoisotopic (exact) mass is 334 g/mol. The Morgan fingerprint density at radius 1 is 1.25 bits per heavy atom. The van der Waals surface area contributed by atoms with E-state index < -0.39 is 23.7 Å². The number of carbonyl (C=O) groups is 3. The fraction of sp³-hybridized carbons (Fsp3) is 0.471. The number of alkyl carbamates (subject to hydrolysis) is 1. The van der Waals surface area contributed by atoms with E-state index in [0.717, 1.165) is 5.56 Å². The predicted molar refractivity (Wildman–Crippen MR) is 86.3 cm³/mol. The first-order valence-corrected chi connectivity index (χ1v) is 7.78. The largest absolute Gasteiger partial charge is 0.464 e. The molecule has 0 saturated carbocycles. The number of hydrogen-bond donors (Lipinski definition) is 2. The summed E-state index contributed by atoms with van der Waals surface area (Å²) >= 11 is 0. The van der Waals surface area contributed by atoms with E-state index in [0.29, 0.717) is 25.1 Å². The Balaban J connectivity index is 1.85. The van der Waals surface area contributed by atoms with Crippen molar-refractivity contribution < 1.29 is 23.9 Å². The molecule has 0 aliphatic carbocycles. The molecular formula is C17H22N2O5. The quantitative estimate of drug-likeness (QED) is 0.818. The van der Waals surface area contributed by atoms with Crippen LogP contribution in [-0.2, 0) is 20.8 Å². The number of carbonyl (C=O) groups excluding carboxylic acids is 3. The van der Waals surface area contributed by atoms with Crippen LogP contribution in [0.25, 0.3) is 0 Å². The maximum absolute atomic E-state index is 12.1. The van der Waals surface area contributed by atoms with Gasteiger partial charge in [0, 0.05) is 18.5 Å². The third kappa shape index (κ3) is 5.26. The van der Waals surface area contributed by atoms with Crippen molar-refractivity contribution >= 4 is 18.0 Å². The van der Waals surface area contributed by atoms with Gasteiger partial charge in [0.1, 0.15) is 11.6 Å². The Kier molecular flexibility index (Phi) is 5.43. The lowest BCUT2D eigenvalue weighted by molar-refractivity contribution is -0.139. The average molecular weight is 334 g/mol. The van der Waals surface area contributed by atoms with Crippen LogP contribution in [0.3, 0.4) is 0 Å². The van der Waals surface area contributed by atoms with Crippen molar-refractivity contribution in [2.75, 3.05) is 6.61 Å². The van der Waals surface area contributed by atoms with E-state index in [1.54, 1.807) is 45.0 Å². The molecule has 1 aliphatic rings. The van der Waals surface area contributed by atoms with Crippen molar-refractivity contribution in [3.05, 3.63) is 35.4 Å². The van der Waals surface area contributed by atoms with E-state index >= 15 is 0 Å². The molecule has 7 nitrogen and oxygen atoms in total. The zero-order valence-electron chi connectivity index (χ0n) is 14.0. The molecule has 0 unspecified atom stereocenters. The molecule has 24 heavy (non-hydrogen) atoms. The van der Waals surface area contributed by atoms with Crippen LogP contribution < -0.4 is 10.6 Å². The van der Waals surface area contributed by atoms with E-state index in [4.69, 9.17) is 9.47 Å². The normalized spacial score (nSPS) is 17.1. The van der Waals surface area contributed by atoms with Gasteiger partial charge in [-0.05, 0) is 38.5 Å². The number of cyclic esters (lactones) is 1. The molecule has 2 N–H and O–H groups in total. The fourth-order valence-corrected chi connectivity index (χ4v) is 2.13. The highest BCUT2D eigenvalue weighted by Gasteiger charge is 2.28. The van der Waals surface area contributed by atoms with Gasteiger partial charge in [0.15, 0.2) is 0 Å². The molecular weight excluding hydrogens is 312 g/mol. The van der Waals surface area contributed by atoms with Crippen LogP contribution in [0.4, 0.5) is 4.79 Å². The van der Waals surface area contributed by atoms with Crippen molar-refractivity contribution in [1.82, 2.24) is 10.6 Å². The third-order valence-electron chi connectivity index (χ3n) is 3.29. The van der Waals surface area contributed by atoms with Gasteiger partial charge in [-0.1, -0.05) is 12.1 Å². The van der Waals surface area contributed by atoms with E-state index in [1.165, 1.54) is 0 Å². The summed E-state index contributed by atoms with van der Waals surface area (Å²) < 4.78 is 9.95. The SMILES string of the molecule is CC(C)(C)OC(=O)NCc1ccc(C(=O)N[C@H]2CCOC2=O)cc1. The van der Waals surface area contributed by atoms with Crippen molar-refractivity contribution in [3.8, 4) is 0 Å². The first-order chi connectivity index (χ1) is 11.2. The number of amides is 2. The molecule has 1 atom stereocenters. The van der Waals surface area contributed by atoms with Gasteiger partial charge in [0.25, 0.3) is 5.91 Å². The molecule has 1 aromatic carbocycles. The summed E-state index contributed by atoms with van der Waals surface area (Å²) in [5.41, 5.74) is 0.723. The topological polar surface area (TPSA) is 93.7 Å². The second-order valence-electron chi connectivity index (χ2n) is 6.53. The van der Waals surface area contributed by atoms with Crippen molar-refractivity contribution in [3.63, 3.8) is 0 Å². The molecule has 0 aromatic heterocycles. The minimum absolute atomic E-state index is 0.297. The van der Waals surface area contributed by atoms with Crippen LogP contribution in [0.15, 0.2) is 24.3 Å². The molecule has 1 fully saturated rings. The summed E-state index contributed by atoms with van der Waals surface area (Å²) in [6, 6.07) is 6.17. The van der Waals surface area contributed by atoms with Gasteiger partial charge >= 0.3 is 12.1 Å². The predicted octanol–water partition coefficient (Wildman–Crippen LogP) is 1.76. The molecule has 0 radical (unpaired) electrons. The summed E-state index contributed by atoms with van der Waals surface area (Å²) in [6.45, 7) is 6.01. The molecule has 130 valence electrons. The number of esters is 1. The third-order valence-corrected chi connectivity index (χ3v) is 3.29. The summed E-state index contributed by atoms with van der Waals surface area (Å²) in [4.78, 5) is 35.0. The lowest BCUT2D eigenvalue weighted by Crippen LogP contribution is -2.37. The van der Waals surface area contributed by atoms with Crippen molar-refractivity contribution in [1.29, 1.82) is 0 Å². The number of rotatable bonds is 4. The molecule has 1 saturated heterocycles. The van der Waals surface area contributed by atoms with Gasteiger partial charge in [0.2, 0.25) is 0 Å². The standard InChI is InChI=1S/C17H22N2O5/c1-17(2,3)24-16(22)18-10-11-4-6-12(7-5-11)14(20)19-13-8-9-23-15(13)21/h4-7,13H,8-10H2,1-3H3,(H,18,22)(H,19,20)/t13-/m0/s1. The lowest BCUT2D eigenvalue weighted by atomic mass is 10.1. The first-order valence-electron chi connectivity index (χ1n) is 7.78. The van der Waals surface area contributed by atoms with Gasteiger partial charge in [-0.15, -0.1) is 0 Å². The number of nitrogens with one attached hydrogen (secondary N) is 2. The maximum Gasteiger partial charge on any atom is 0.407 e. The van der Waals surface area contributed by atoms with Crippen LogP contribution in [-0.4, -0.2) is 36.2 Å². The first kappa shape index (κ1) is 17.8. The van der Waals surface area contributed by atoms with Crippen LogP contribution in [0.2, 0.25) is 0 Å².